The van der Waals surface area contributed by atoms with Crippen LogP contribution >= 0.6 is 46.0 Å². The van der Waals surface area contributed by atoms with Crippen molar-refractivity contribution in [2.24, 2.45) is 0 Å². The van der Waals surface area contributed by atoms with Crippen LogP contribution in [-0.2, 0) is 11.8 Å². The number of allylic oxidation sites excluding steroid dienone is 2. The van der Waals surface area contributed by atoms with Gasteiger partial charge in [0, 0.05) is 18.0 Å². The van der Waals surface area contributed by atoms with Gasteiger partial charge in [0.2, 0.25) is 0 Å². The third-order valence-corrected chi connectivity index (χ3v) is 6.64. The van der Waals surface area contributed by atoms with Gasteiger partial charge in [0.1, 0.15) is 0 Å². The molecule has 0 amide bonds. The van der Waals surface area contributed by atoms with Crippen molar-refractivity contribution in [3.8, 4) is 11.5 Å². The zero-order chi connectivity index (χ0) is 16.0. The molecular formula is C18H19I2NO2. The average molecular weight is 535 g/mol. The van der Waals surface area contributed by atoms with Crippen LogP contribution in [0.15, 0.2) is 35.4 Å². The fourth-order valence-corrected chi connectivity index (χ4v) is 5.20. The van der Waals surface area contributed by atoms with E-state index in [0.29, 0.717) is 6.04 Å². The number of rotatable bonds is 2. The lowest BCUT2D eigenvalue weighted by Gasteiger charge is -2.49. The second-order valence-electron chi connectivity index (χ2n) is 6.74. The Labute approximate surface area is 165 Å². The summed E-state index contributed by atoms with van der Waals surface area (Å²) >= 11 is 3.87. The highest BCUT2D eigenvalue weighted by Crippen LogP contribution is 2.50. The van der Waals surface area contributed by atoms with Gasteiger partial charge in [-0.2, -0.15) is 0 Å². The summed E-state index contributed by atoms with van der Waals surface area (Å²) in [5, 5.41) is 3.80. The fraction of sp³-hybridized carbons (Fsp3) is 0.444. The molecule has 2 aliphatic carbocycles. The largest absolute Gasteiger partial charge is 0.424 e. The van der Waals surface area contributed by atoms with E-state index in [1.54, 1.807) is 5.57 Å². The molecule has 3 aliphatic rings. The number of nitrogens with one attached hydrogen (secondary N) is 1. The first kappa shape index (κ1) is 16.2. The number of benzene rings is 1. The van der Waals surface area contributed by atoms with Crippen molar-refractivity contribution in [3.05, 3.63) is 46.6 Å². The third kappa shape index (κ3) is 2.45. The molecule has 0 aromatic heterocycles. The SMILES string of the molecule is CC12C3=C(CCC=C3)CNC1CCc1cc(OI)c(OI)cc12. The minimum atomic E-state index is 0.0197. The highest BCUT2D eigenvalue weighted by Gasteiger charge is 2.46. The number of hydrogen-bond acceptors (Lipinski definition) is 3. The summed E-state index contributed by atoms with van der Waals surface area (Å²) in [4.78, 5) is 0. The highest BCUT2D eigenvalue weighted by atomic mass is 127. The van der Waals surface area contributed by atoms with Crippen LogP contribution in [-0.4, -0.2) is 12.6 Å². The monoisotopic (exact) mass is 535 g/mol. The zero-order valence-electron chi connectivity index (χ0n) is 13.0. The fourth-order valence-electron chi connectivity index (χ4n) is 4.51. The minimum absolute atomic E-state index is 0.0197. The van der Waals surface area contributed by atoms with E-state index in [9.17, 15) is 0 Å². The minimum Gasteiger partial charge on any atom is -0.424 e. The van der Waals surface area contributed by atoms with Crippen LogP contribution < -0.4 is 11.4 Å². The molecule has 5 heteroatoms. The Hall–Kier alpha value is -0.280. The van der Waals surface area contributed by atoms with E-state index in [4.69, 9.17) is 6.13 Å². The van der Waals surface area contributed by atoms with E-state index in [0.717, 1.165) is 30.9 Å². The Morgan fingerprint density at radius 1 is 1.17 bits per heavy atom. The second-order valence-corrected chi connectivity index (χ2v) is 7.62. The van der Waals surface area contributed by atoms with Gasteiger partial charge in [0.15, 0.2) is 57.5 Å². The van der Waals surface area contributed by atoms with Gasteiger partial charge in [-0.3, -0.25) is 0 Å². The Bertz CT molecular complexity index is 713. The maximum atomic E-state index is 5.55. The van der Waals surface area contributed by atoms with Crippen molar-refractivity contribution in [3.63, 3.8) is 0 Å². The molecule has 0 spiro atoms. The summed E-state index contributed by atoms with van der Waals surface area (Å²) in [6, 6.07) is 4.85. The molecule has 1 aromatic rings. The van der Waals surface area contributed by atoms with Gasteiger partial charge >= 0.3 is 0 Å². The lowest BCUT2D eigenvalue weighted by Crippen LogP contribution is -2.55. The van der Waals surface area contributed by atoms with Crippen LogP contribution in [0, 0.1) is 0 Å². The van der Waals surface area contributed by atoms with Crippen LogP contribution in [0.1, 0.15) is 37.3 Å². The van der Waals surface area contributed by atoms with Gasteiger partial charge in [0.05, 0.1) is 0 Å². The molecule has 4 rings (SSSR count). The first-order chi connectivity index (χ1) is 11.2. The van der Waals surface area contributed by atoms with E-state index in [2.05, 4.69) is 36.5 Å². The lowest BCUT2D eigenvalue weighted by molar-refractivity contribution is 0.309. The van der Waals surface area contributed by atoms with Gasteiger partial charge < -0.3 is 11.4 Å². The number of aryl methyl sites for hydroxylation is 1. The Kier molecular flexibility index (Phi) is 4.38. The Morgan fingerprint density at radius 3 is 2.74 bits per heavy atom. The third-order valence-electron chi connectivity index (χ3n) is 5.69. The zero-order valence-corrected chi connectivity index (χ0v) is 17.3. The predicted molar refractivity (Wildman–Crippen MR) is 109 cm³/mol. The van der Waals surface area contributed by atoms with Crippen molar-refractivity contribution in [1.82, 2.24) is 5.32 Å². The maximum absolute atomic E-state index is 5.55. The molecule has 0 fully saturated rings. The maximum Gasteiger partial charge on any atom is 0.192 e. The summed E-state index contributed by atoms with van der Waals surface area (Å²) in [6.45, 7) is 3.44. The molecule has 1 heterocycles. The van der Waals surface area contributed by atoms with E-state index in [1.807, 2.05) is 46.0 Å². The lowest BCUT2D eigenvalue weighted by atomic mass is 9.60. The molecule has 3 nitrogen and oxygen atoms in total. The quantitative estimate of drug-likeness (QED) is 0.544. The van der Waals surface area contributed by atoms with Gasteiger partial charge in [-0.1, -0.05) is 17.7 Å². The first-order valence-electron chi connectivity index (χ1n) is 8.05. The molecule has 1 N–H and O–H groups in total. The normalized spacial score (nSPS) is 28.7. The van der Waals surface area contributed by atoms with E-state index in [1.165, 1.54) is 29.5 Å². The van der Waals surface area contributed by atoms with Crippen LogP contribution in [0.3, 0.4) is 0 Å². The van der Waals surface area contributed by atoms with E-state index in [-0.39, 0.29) is 5.41 Å². The molecule has 0 radical (unpaired) electrons. The smallest absolute Gasteiger partial charge is 0.192 e. The van der Waals surface area contributed by atoms with Crippen LogP contribution in [0.2, 0.25) is 0 Å². The van der Waals surface area contributed by atoms with Crippen LogP contribution in [0.4, 0.5) is 0 Å². The van der Waals surface area contributed by atoms with Crippen molar-refractivity contribution < 1.29 is 6.13 Å². The predicted octanol–water partition coefficient (Wildman–Crippen LogP) is 4.97. The molecule has 0 saturated heterocycles. The van der Waals surface area contributed by atoms with E-state index >= 15 is 0 Å². The van der Waals surface area contributed by atoms with Crippen molar-refractivity contribution in [2.75, 3.05) is 6.54 Å². The van der Waals surface area contributed by atoms with Gasteiger partial charge in [-0.15, -0.1) is 0 Å². The van der Waals surface area contributed by atoms with Crippen LogP contribution in [0.25, 0.3) is 0 Å². The van der Waals surface area contributed by atoms with Crippen LogP contribution in [0.5, 0.6) is 11.5 Å². The molecule has 0 bridgehead atoms. The summed E-state index contributed by atoms with van der Waals surface area (Å²) in [6.07, 6.45) is 9.30. The average Bonchev–Trinajstić information content (AvgIpc) is 2.60. The molecule has 2 unspecified atom stereocenters. The topological polar surface area (TPSA) is 30.5 Å². The molecular weight excluding hydrogens is 516 g/mol. The number of fused-ring (bicyclic) bond motifs is 4. The molecule has 23 heavy (non-hydrogen) atoms. The van der Waals surface area contributed by atoms with Crippen molar-refractivity contribution >= 4 is 46.0 Å². The standard InChI is InChI=1S/C18H19I2NO2/c1-18-13-5-3-2-4-12(13)10-21-17(18)7-6-11-8-15(22-19)16(23-20)9-14(11)18/h3,5,8-9,17,21H,2,4,6-7,10H2,1H3. The summed E-state index contributed by atoms with van der Waals surface area (Å²) in [5.41, 5.74) is 5.90. The molecule has 1 aromatic carbocycles. The van der Waals surface area contributed by atoms with Gasteiger partial charge in [-0.25, -0.2) is 0 Å². The van der Waals surface area contributed by atoms with Gasteiger partial charge in [0.25, 0.3) is 0 Å². The number of hydrogen-bond donors (Lipinski definition) is 1. The molecule has 0 saturated carbocycles. The van der Waals surface area contributed by atoms with Crippen molar-refractivity contribution in [2.45, 2.75) is 44.1 Å². The molecule has 2 atom stereocenters. The van der Waals surface area contributed by atoms with Gasteiger partial charge in [-0.05, 0) is 61.4 Å². The molecule has 1 aliphatic heterocycles. The number of halogens is 2. The summed E-state index contributed by atoms with van der Waals surface area (Å²) < 4.78 is 11.0. The van der Waals surface area contributed by atoms with Crippen molar-refractivity contribution in [1.29, 1.82) is 0 Å². The first-order valence-corrected chi connectivity index (χ1v) is 9.81. The second kappa shape index (κ2) is 6.22. The summed E-state index contributed by atoms with van der Waals surface area (Å²) in [5.74, 6) is 1.63. The molecule has 122 valence electrons. The highest BCUT2D eigenvalue weighted by molar-refractivity contribution is 14.1. The summed E-state index contributed by atoms with van der Waals surface area (Å²) in [7, 11) is 0. The van der Waals surface area contributed by atoms with E-state index < -0.39 is 0 Å². The Balaban J connectivity index is 1.93. The Morgan fingerprint density at radius 2 is 1.96 bits per heavy atom.